The maximum Gasteiger partial charge on any atom is 0.123 e. The second-order valence-electron chi connectivity index (χ2n) is 5.45. The van der Waals surface area contributed by atoms with E-state index >= 15 is 0 Å². The van der Waals surface area contributed by atoms with Crippen LogP contribution >= 0.6 is 0 Å². The first-order valence-corrected chi connectivity index (χ1v) is 7.37. The van der Waals surface area contributed by atoms with Gasteiger partial charge in [-0.1, -0.05) is 6.07 Å². The van der Waals surface area contributed by atoms with Gasteiger partial charge in [-0.15, -0.1) is 0 Å². The molecule has 112 valence electrons. The first-order valence-electron chi connectivity index (χ1n) is 7.37. The molecule has 1 aliphatic heterocycles. The van der Waals surface area contributed by atoms with Crippen LogP contribution in [0.1, 0.15) is 24.5 Å². The van der Waals surface area contributed by atoms with Crippen LogP contribution in [0.3, 0.4) is 0 Å². The molecular formula is C16H26N2O2. The number of methoxy groups -OCH3 is 1. The van der Waals surface area contributed by atoms with Crippen LogP contribution in [0.25, 0.3) is 0 Å². The molecule has 1 heterocycles. The zero-order valence-corrected chi connectivity index (χ0v) is 12.8. The molecule has 4 heteroatoms. The molecule has 1 unspecified atom stereocenters. The van der Waals surface area contributed by atoms with Crippen molar-refractivity contribution < 1.29 is 9.47 Å². The zero-order chi connectivity index (χ0) is 14.4. The number of nitrogens with zero attached hydrogens (tertiary/aromatic N) is 1. The lowest BCUT2D eigenvalue weighted by molar-refractivity contribution is 0.0667. The van der Waals surface area contributed by atoms with Crippen molar-refractivity contribution in [2.45, 2.75) is 32.5 Å². The van der Waals surface area contributed by atoms with Crippen LogP contribution in [-0.4, -0.2) is 44.9 Å². The molecule has 0 radical (unpaired) electrons. The number of nitrogens with one attached hydrogen (secondary N) is 1. The van der Waals surface area contributed by atoms with E-state index in [1.807, 2.05) is 7.05 Å². The highest BCUT2D eigenvalue weighted by atomic mass is 16.5. The van der Waals surface area contributed by atoms with Crippen LogP contribution in [0.5, 0.6) is 5.75 Å². The van der Waals surface area contributed by atoms with Crippen molar-refractivity contribution in [3.63, 3.8) is 0 Å². The molecule has 1 saturated heterocycles. The smallest absolute Gasteiger partial charge is 0.123 e. The van der Waals surface area contributed by atoms with E-state index in [2.05, 4.69) is 35.3 Å². The minimum Gasteiger partial charge on any atom is -0.496 e. The Kier molecular flexibility index (Phi) is 5.83. The molecular weight excluding hydrogens is 252 g/mol. The number of benzene rings is 1. The fraction of sp³-hybridized carbons (Fsp3) is 0.625. The molecule has 0 spiro atoms. The van der Waals surface area contributed by atoms with Gasteiger partial charge in [0.15, 0.2) is 0 Å². The molecule has 1 aliphatic rings. The van der Waals surface area contributed by atoms with Crippen molar-refractivity contribution in [2.24, 2.45) is 0 Å². The van der Waals surface area contributed by atoms with Gasteiger partial charge in [0, 0.05) is 38.3 Å². The third-order valence-corrected chi connectivity index (χ3v) is 3.66. The van der Waals surface area contributed by atoms with E-state index in [-0.39, 0.29) is 0 Å². The van der Waals surface area contributed by atoms with E-state index in [9.17, 15) is 0 Å². The number of hydrogen-bond donors (Lipinski definition) is 1. The molecule has 0 aliphatic carbocycles. The summed E-state index contributed by atoms with van der Waals surface area (Å²) in [6, 6.07) is 6.43. The maximum atomic E-state index is 5.71. The monoisotopic (exact) mass is 278 g/mol. The first kappa shape index (κ1) is 15.3. The van der Waals surface area contributed by atoms with Gasteiger partial charge in [-0.25, -0.2) is 0 Å². The van der Waals surface area contributed by atoms with Gasteiger partial charge >= 0.3 is 0 Å². The molecule has 1 aromatic rings. The Morgan fingerprint density at radius 2 is 2.30 bits per heavy atom. The fourth-order valence-electron chi connectivity index (χ4n) is 2.73. The molecule has 2 rings (SSSR count). The molecule has 1 atom stereocenters. The van der Waals surface area contributed by atoms with Crippen LogP contribution in [0.2, 0.25) is 0 Å². The molecule has 20 heavy (non-hydrogen) atoms. The molecule has 1 aromatic carbocycles. The van der Waals surface area contributed by atoms with Crippen molar-refractivity contribution >= 4 is 0 Å². The van der Waals surface area contributed by atoms with Gasteiger partial charge in [-0.3, -0.25) is 4.90 Å². The van der Waals surface area contributed by atoms with Crippen LogP contribution in [0, 0.1) is 0 Å². The highest BCUT2D eigenvalue weighted by molar-refractivity contribution is 5.37. The Morgan fingerprint density at radius 3 is 3.05 bits per heavy atom. The second kappa shape index (κ2) is 7.62. The van der Waals surface area contributed by atoms with E-state index in [1.54, 1.807) is 7.11 Å². The number of hydrogen-bond acceptors (Lipinski definition) is 4. The van der Waals surface area contributed by atoms with E-state index in [1.165, 1.54) is 11.1 Å². The van der Waals surface area contributed by atoms with Gasteiger partial charge in [-0.2, -0.15) is 0 Å². The standard InChI is InChI=1S/C16H26N2O2/c1-13-11-18(7-4-8-20-13)12-15-9-14(10-17-2)5-6-16(15)19-3/h5-6,9,13,17H,4,7-8,10-12H2,1-3H3. The Labute approximate surface area is 122 Å². The van der Waals surface area contributed by atoms with Crippen LogP contribution < -0.4 is 10.1 Å². The largest absolute Gasteiger partial charge is 0.496 e. The van der Waals surface area contributed by atoms with Gasteiger partial charge in [0.05, 0.1) is 13.2 Å². The van der Waals surface area contributed by atoms with Crippen molar-refractivity contribution in [2.75, 3.05) is 33.9 Å². The minimum atomic E-state index is 0.309. The lowest BCUT2D eigenvalue weighted by Gasteiger charge is -2.23. The van der Waals surface area contributed by atoms with Gasteiger partial charge in [0.1, 0.15) is 5.75 Å². The molecule has 0 bridgehead atoms. The molecule has 1 N–H and O–H groups in total. The molecule has 0 saturated carbocycles. The summed E-state index contributed by atoms with van der Waals surface area (Å²) in [5.41, 5.74) is 2.55. The lowest BCUT2D eigenvalue weighted by Crippen LogP contribution is -2.30. The van der Waals surface area contributed by atoms with Crippen molar-refractivity contribution in [3.05, 3.63) is 29.3 Å². The third-order valence-electron chi connectivity index (χ3n) is 3.66. The summed E-state index contributed by atoms with van der Waals surface area (Å²) in [5, 5.41) is 3.19. The summed E-state index contributed by atoms with van der Waals surface area (Å²) in [6.07, 6.45) is 1.41. The average molecular weight is 278 g/mol. The van der Waals surface area contributed by atoms with Gasteiger partial charge in [0.25, 0.3) is 0 Å². The molecule has 0 aromatic heterocycles. The Morgan fingerprint density at radius 1 is 1.45 bits per heavy atom. The van der Waals surface area contributed by atoms with E-state index in [0.29, 0.717) is 6.10 Å². The van der Waals surface area contributed by atoms with E-state index in [0.717, 1.165) is 45.0 Å². The normalized spacial score (nSPS) is 20.6. The van der Waals surface area contributed by atoms with Crippen LogP contribution in [0.15, 0.2) is 18.2 Å². The van der Waals surface area contributed by atoms with Crippen LogP contribution in [-0.2, 0) is 17.8 Å². The van der Waals surface area contributed by atoms with Crippen molar-refractivity contribution in [1.82, 2.24) is 10.2 Å². The lowest BCUT2D eigenvalue weighted by atomic mass is 10.1. The average Bonchev–Trinajstić information content (AvgIpc) is 2.64. The molecule has 1 fully saturated rings. The van der Waals surface area contributed by atoms with Gasteiger partial charge in [0.2, 0.25) is 0 Å². The summed E-state index contributed by atoms with van der Waals surface area (Å²) in [4.78, 5) is 2.46. The summed E-state index contributed by atoms with van der Waals surface area (Å²) < 4.78 is 11.2. The summed E-state index contributed by atoms with van der Waals surface area (Å²) in [7, 11) is 3.71. The Balaban J connectivity index is 2.11. The topological polar surface area (TPSA) is 33.7 Å². The quantitative estimate of drug-likeness (QED) is 0.893. The third kappa shape index (κ3) is 4.20. The number of rotatable bonds is 5. The van der Waals surface area contributed by atoms with Crippen molar-refractivity contribution in [3.8, 4) is 5.75 Å². The SMILES string of the molecule is CNCc1ccc(OC)c(CN2CCCOC(C)C2)c1. The van der Waals surface area contributed by atoms with Gasteiger partial charge < -0.3 is 14.8 Å². The predicted octanol–water partition coefficient (Wildman–Crippen LogP) is 2.03. The summed E-state index contributed by atoms with van der Waals surface area (Å²) in [5.74, 6) is 0.975. The fourth-order valence-corrected chi connectivity index (χ4v) is 2.73. The molecule has 0 amide bonds. The number of ether oxygens (including phenoxy) is 2. The highest BCUT2D eigenvalue weighted by Gasteiger charge is 2.16. The first-order chi connectivity index (χ1) is 9.72. The summed E-state index contributed by atoms with van der Waals surface area (Å²) >= 11 is 0. The van der Waals surface area contributed by atoms with Crippen LogP contribution in [0.4, 0.5) is 0 Å². The van der Waals surface area contributed by atoms with E-state index in [4.69, 9.17) is 9.47 Å². The zero-order valence-electron chi connectivity index (χ0n) is 12.8. The Hall–Kier alpha value is -1.10. The maximum absolute atomic E-state index is 5.71. The summed E-state index contributed by atoms with van der Waals surface area (Å²) in [6.45, 7) is 6.90. The molecule has 4 nitrogen and oxygen atoms in total. The Bertz CT molecular complexity index is 423. The predicted molar refractivity (Wildman–Crippen MR) is 81.1 cm³/mol. The highest BCUT2D eigenvalue weighted by Crippen LogP contribution is 2.22. The van der Waals surface area contributed by atoms with E-state index < -0.39 is 0 Å². The van der Waals surface area contributed by atoms with Crippen molar-refractivity contribution in [1.29, 1.82) is 0 Å². The second-order valence-corrected chi connectivity index (χ2v) is 5.45. The minimum absolute atomic E-state index is 0.309. The van der Waals surface area contributed by atoms with Gasteiger partial charge in [-0.05, 0) is 38.1 Å².